The van der Waals surface area contributed by atoms with E-state index in [4.69, 9.17) is 4.74 Å². The molecule has 5 heteroatoms. The Bertz CT molecular complexity index is 856. The summed E-state index contributed by atoms with van der Waals surface area (Å²) in [7, 11) is 0. The van der Waals surface area contributed by atoms with Gasteiger partial charge in [0.05, 0.1) is 17.6 Å². The summed E-state index contributed by atoms with van der Waals surface area (Å²) in [6.45, 7) is 2.34. The Labute approximate surface area is 120 Å². The summed E-state index contributed by atoms with van der Waals surface area (Å²) in [4.78, 5) is 19.0. The second-order valence-corrected chi connectivity index (χ2v) is 4.51. The van der Waals surface area contributed by atoms with Gasteiger partial charge >= 0.3 is 0 Å². The molecule has 0 unspecified atom stereocenters. The molecule has 106 valence electrons. The Morgan fingerprint density at radius 1 is 1.24 bits per heavy atom. The number of para-hydroxylation sites is 1. The lowest BCUT2D eigenvalue weighted by Gasteiger charge is -2.11. The number of hydrogen-bond donors (Lipinski definition) is 2. The van der Waals surface area contributed by atoms with Crippen LogP contribution in [0.4, 0.5) is 0 Å². The van der Waals surface area contributed by atoms with Gasteiger partial charge in [0.25, 0.3) is 5.56 Å². The van der Waals surface area contributed by atoms with Gasteiger partial charge in [-0.25, -0.2) is 4.98 Å². The fraction of sp³-hybridized carbons (Fsp3) is 0.125. The highest BCUT2D eigenvalue weighted by Crippen LogP contribution is 2.36. The topological polar surface area (TPSA) is 75.2 Å². The van der Waals surface area contributed by atoms with E-state index in [2.05, 4.69) is 9.97 Å². The summed E-state index contributed by atoms with van der Waals surface area (Å²) >= 11 is 0. The largest absolute Gasteiger partial charge is 0.506 e. The van der Waals surface area contributed by atoms with Gasteiger partial charge in [-0.3, -0.25) is 4.79 Å². The molecule has 2 aromatic heterocycles. The lowest BCUT2D eigenvalue weighted by Crippen LogP contribution is -2.10. The monoisotopic (exact) mass is 282 g/mol. The molecule has 0 amide bonds. The van der Waals surface area contributed by atoms with Crippen LogP contribution in [-0.4, -0.2) is 21.7 Å². The molecule has 0 saturated heterocycles. The zero-order chi connectivity index (χ0) is 14.8. The molecule has 0 saturated carbocycles. The van der Waals surface area contributed by atoms with Crippen molar-refractivity contribution in [2.24, 2.45) is 0 Å². The number of pyridine rings is 2. The van der Waals surface area contributed by atoms with Crippen LogP contribution in [-0.2, 0) is 0 Å². The second-order valence-electron chi connectivity index (χ2n) is 4.51. The number of ether oxygens (including phenoxy) is 1. The predicted molar refractivity (Wildman–Crippen MR) is 80.6 cm³/mol. The van der Waals surface area contributed by atoms with Crippen molar-refractivity contribution < 1.29 is 9.84 Å². The Morgan fingerprint density at radius 2 is 2.05 bits per heavy atom. The van der Waals surface area contributed by atoms with Crippen molar-refractivity contribution >= 4 is 11.0 Å². The molecule has 3 rings (SSSR count). The van der Waals surface area contributed by atoms with Crippen LogP contribution < -0.4 is 10.3 Å². The van der Waals surface area contributed by atoms with Gasteiger partial charge in [0, 0.05) is 11.8 Å². The van der Waals surface area contributed by atoms with Gasteiger partial charge in [-0.2, -0.15) is 0 Å². The van der Waals surface area contributed by atoms with E-state index < -0.39 is 5.56 Å². The summed E-state index contributed by atoms with van der Waals surface area (Å²) in [5.41, 5.74) is 0.715. The average molecular weight is 282 g/mol. The van der Waals surface area contributed by atoms with E-state index in [0.717, 1.165) is 0 Å². The standard InChI is InChI=1S/C16H14N2O3/c1-2-21-12-8-4-3-6-10(12)13-14(19)11-7-5-9-17-15(11)18-16(13)20/h3-9H,2H2,1H3,(H2,17,18,19,20). The van der Waals surface area contributed by atoms with Crippen molar-refractivity contribution in [2.75, 3.05) is 6.61 Å². The van der Waals surface area contributed by atoms with Gasteiger partial charge in [-0.05, 0) is 25.1 Å². The Kier molecular flexibility index (Phi) is 3.31. The number of benzene rings is 1. The molecule has 0 aliphatic carbocycles. The van der Waals surface area contributed by atoms with E-state index in [-0.39, 0.29) is 11.3 Å². The van der Waals surface area contributed by atoms with Crippen molar-refractivity contribution in [2.45, 2.75) is 6.92 Å². The fourth-order valence-corrected chi connectivity index (χ4v) is 2.31. The van der Waals surface area contributed by atoms with E-state index in [1.165, 1.54) is 0 Å². The Balaban J connectivity index is 2.33. The highest BCUT2D eigenvalue weighted by Gasteiger charge is 2.17. The smallest absolute Gasteiger partial charge is 0.261 e. The van der Waals surface area contributed by atoms with Crippen LogP contribution in [0.25, 0.3) is 22.2 Å². The molecule has 0 aliphatic rings. The van der Waals surface area contributed by atoms with Gasteiger partial charge in [0.1, 0.15) is 17.1 Å². The minimum Gasteiger partial charge on any atom is -0.506 e. The molecule has 21 heavy (non-hydrogen) atoms. The summed E-state index contributed by atoms with van der Waals surface area (Å²) < 4.78 is 5.53. The summed E-state index contributed by atoms with van der Waals surface area (Å²) in [5, 5.41) is 11.0. The highest BCUT2D eigenvalue weighted by molar-refractivity contribution is 5.90. The molecular formula is C16H14N2O3. The summed E-state index contributed by atoms with van der Waals surface area (Å²) in [6.07, 6.45) is 1.56. The lowest BCUT2D eigenvalue weighted by atomic mass is 10.0. The van der Waals surface area contributed by atoms with Gasteiger partial charge in [-0.15, -0.1) is 0 Å². The molecular weight excluding hydrogens is 268 g/mol. The number of nitrogens with one attached hydrogen (secondary N) is 1. The SMILES string of the molecule is CCOc1ccccc1-c1c(O)c2cccnc2[nH]c1=O. The van der Waals surface area contributed by atoms with Crippen molar-refractivity contribution in [3.8, 4) is 22.6 Å². The molecule has 5 nitrogen and oxygen atoms in total. The number of aromatic nitrogens is 2. The first-order chi connectivity index (χ1) is 10.2. The number of H-pyrrole nitrogens is 1. The molecule has 0 fully saturated rings. The zero-order valence-electron chi connectivity index (χ0n) is 11.5. The van der Waals surface area contributed by atoms with Gasteiger partial charge < -0.3 is 14.8 Å². The van der Waals surface area contributed by atoms with E-state index in [0.29, 0.717) is 29.0 Å². The normalized spacial score (nSPS) is 10.7. The number of fused-ring (bicyclic) bond motifs is 1. The van der Waals surface area contributed by atoms with Gasteiger partial charge in [0.2, 0.25) is 0 Å². The molecule has 0 aliphatic heterocycles. The van der Waals surface area contributed by atoms with Crippen molar-refractivity contribution in [3.05, 3.63) is 52.9 Å². The number of hydrogen-bond acceptors (Lipinski definition) is 4. The second kappa shape index (κ2) is 5.28. The minimum atomic E-state index is -0.397. The molecule has 0 atom stereocenters. The molecule has 2 N–H and O–H groups in total. The molecule has 3 aromatic rings. The van der Waals surface area contributed by atoms with Crippen molar-refractivity contribution in [1.29, 1.82) is 0 Å². The molecule has 0 spiro atoms. The fourth-order valence-electron chi connectivity index (χ4n) is 2.31. The summed E-state index contributed by atoms with van der Waals surface area (Å²) in [5.74, 6) is 0.470. The Morgan fingerprint density at radius 3 is 2.86 bits per heavy atom. The quantitative estimate of drug-likeness (QED) is 0.774. The van der Waals surface area contributed by atoms with Crippen LogP contribution in [0.5, 0.6) is 11.5 Å². The highest BCUT2D eigenvalue weighted by atomic mass is 16.5. The van der Waals surface area contributed by atoms with E-state index in [1.807, 2.05) is 13.0 Å². The number of aromatic hydroxyl groups is 1. The number of rotatable bonds is 3. The number of nitrogens with zero attached hydrogens (tertiary/aromatic N) is 1. The molecule has 1 aromatic carbocycles. The number of aromatic amines is 1. The van der Waals surface area contributed by atoms with Crippen molar-refractivity contribution in [1.82, 2.24) is 9.97 Å². The first kappa shape index (κ1) is 13.2. The third-order valence-corrected chi connectivity index (χ3v) is 3.21. The van der Waals surface area contributed by atoms with Crippen LogP contribution >= 0.6 is 0 Å². The minimum absolute atomic E-state index is 0.0889. The van der Waals surface area contributed by atoms with E-state index in [1.54, 1.807) is 36.5 Å². The van der Waals surface area contributed by atoms with E-state index in [9.17, 15) is 9.90 Å². The first-order valence-electron chi connectivity index (χ1n) is 6.64. The summed E-state index contributed by atoms with van der Waals surface area (Å²) in [6, 6.07) is 10.5. The van der Waals surface area contributed by atoms with Gasteiger partial charge in [0.15, 0.2) is 0 Å². The lowest BCUT2D eigenvalue weighted by molar-refractivity contribution is 0.341. The maximum Gasteiger partial charge on any atom is 0.261 e. The van der Waals surface area contributed by atoms with Crippen LogP contribution in [0.1, 0.15) is 6.92 Å². The first-order valence-corrected chi connectivity index (χ1v) is 6.64. The van der Waals surface area contributed by atoms with Crippen LogP contribution in [0.2, 0.25) is 0 Å². The Hall–Kier alpha value is -2.82. The van der Waals surface area contributed by atoms with Gasteiger partial charge in [-0.1, -0.05) is 18.2 Å². The third kappa shape index (κ3) is 2.23. The maximum absolute atomic E-state index is 12.3. The zero-order valence-corrected chi connectivity index (χ0v) is 11.5. The molecule has 2 heterocycles. The maximum atomic E-state index is 12.3. The van der Waals surface area contributed by atoms with Crippen LogP contribution in [0.15, 0.2) is 47.4 Å². The predicted octanol–water partition coefficient (Wildman–Crippen LogP) is 2.69. The molecule has 0 bridgehead atoms. The van der Waals surface area contributed by atoms with Crippen LogP contribution in [0, 0.1) is 0 Å². The van der Waals surface area contributed by atoms with Crippen molar-refractivity contribution in [3.63, 3.8) is 0 Å². The third-order valence-electron chi connectivity index (χ3n) is 3.21. The molecule has 0 radical (unpaired) electrons. The van der Waals surface area contributed by atoms with E-state index >= 15 is 0 Å². The average Bonchev–Trinajstić information content (AvgIpc) is 2.49. The van der Waals surface area contributed by atoms with Crippen LogP contribution in [0.3, 0.4) is 0 Å².